The third kappa shape index (κ3) is 4.01. The Morgan fingerprint density at radius 3 is 2.69 bits per heavy atom. The van der Waals surface area contributed by atoms with Crippen LogP contribution in [0.1, 0.15) is 27.2 Å². The van der Waals surface area contributed by atoms with Gasteiger partial charge in [-0.1, -0.05) is 0 Å². The number of hydrogen-bond donors (Lipinski definition) is 1. The molecule has 0 atom stereocenters. The van der Waals surface area contributed by atoms with E-state index >= 15 is 0 Å². The zero-order chi connectivity index (χ0) is 18.9. The van der Waals surface area contributed by atoms with E-state index < -0.39 is 16.0 Å². The molecular formula is C17H16N2O4S3. The minimum absolute atomic E-state index is 0.0110. The second kappa shape index (κ2) is 7.28. The summed E-state index contributed by atoms with van der Waals surface area (Å²) in [5.74, 6) is -0.622. The highest BCUT2D eigenvalue weighted by Crippen LogP contribution is 2.26. The Morgan fingerprint density at radius 1 is 1.27 bits per heavy atom. The molecule has 26 heavy (non-hydrogen) atoms. The Bertz CT molecular complexity index is 1050. The molecule has 1 aromatic carbocycles. The molecule has 2 heterocycles. The van der Waals surface area contributed by atoms with Crippen molar-refractivity contribution in [3.8, 4) is 10.6 Å². The van der Waals surface area contributed by atoms with E-state index in [9.17, 15) is 13.2 Å². The quantitative estimate of drug-likeness (QED) is 0.652. The van der Waals surface area contributed by atoms with E-state index in [1.807, 2.05) is 22.2 Å². The lowest BCUT2D eigenvalue weighted by molar-refractivity contribution is 0.0468. The number of ether oxygens (including phenoxy) is 1. The van der Waals surface area contributed by atoms with Gasteiger partial charge in [0.05, 0.1) is 16.2 Å². The minimum atomic E-state index is -3.92. The number of aryl methyl sites for hydroxylation is 1. The Morgan fingerprint density at radius 2 is 2.04 bits per heavy atom. The molecule has 0 amide bonds. The van der Waals surface area contributed by atoms with Crippen LogP contribution in [0.5, 0.6) is 0 Å². The molecule has 2 N–H and O–H groups in total. The summed E-state index contributed by atoms with van der Waals surface area (Å²) in [7, 11) is -3.92. The van der Waals surface area contributed by atoms with Gasteiger partial charge in [-0.2, -0.15) is 11.3 Å². The second-order valence-electron chi connectivity index (χ2n) is 5.69. The van der Waals surface area contributed by atoms with Crippen molar-refractivity contribution in [3.63, 3.8) is 0 Å². The van der Waals surface area contributed by atoms with Gasteiger partial charge in [-0.15, -0.1) is 11.3 Å². The van der Waals surface area contributed by atoms with E-state index in [0.29, 0.717) is 16.8 Å². The Hall–Kier alpha value is -2.07. The van der Waals surface area contributed by atoms with Crippen LogP contribution >= 0.6 is 22.7 Å². The van der Waals surface area contributed by atoms with Crippen molar-refractivity contribution in [3.05, 3.63) is 56.7 Å². The van der Waals surface area contributed by atoms with Gasteiger partial charge in [-0.05, 0) is 48.6 Å². The van der Waals surface area contributed by atoms with E-state index in [4.69, 9.17) is 9.88 Å². The van der Waals surface area contributed by atoms with Crippen LogP contribution in [0.25, 0.3) is 10.6 Å². The normalized spacial score (nSPS) is 11.5. The third-order valence-electron chi connectivity index (χ3n) is 3.83. The highest BCUT2D eigenvalue weighted by atomic mass is 32.2. The summed E-state index contributed by atoms with van der Waals surface area (Å²) in [6.07, 6.45) is 0. The minimum Gasteiger partial charge on any atom is -0.456 e. The van der Waals surface area contributed by atoms with Crippen LogP contribution in [0.15, 0.2) is 39.2 Å². The lowest BCUT2D eigenvalue weighted by Gasteiger charge is -2.10. The van der Waals surface area contributed by atoms with Gasteiger partial charge in [0.25, 0.3) is 0 Å². The second-order valence-corrected chi connectivity index (χ2v) is 8.86. The van der Waals surface area contributed by atoms with Gasteiger partial charge in [0.15, 0.2) is 0 Å². The summed E-state index contributed by atoms with van der Waals surface area (Å²) in [4.78, 5) is 16.7. The fourth-order valence-electron chi connectivity index (χ4n) is 2.36. The van der Waals surface area contributed by atoms with Crippen molar-refractivity contribution in [2.24, 2.45) is 5.14 Å². The third-order valence-corrected chi connectivity index (χ3v) is 6.49. The van der Waals surface area contributed by atoms with Crippen molar-refractivity contribution >= 4 is 38.7 Å². The topological polar surface area (TPSA) is 99.3 Å². The standard InChI is InChI=1S/C17H16N2O4S3/c1-10-5-13(6-15(11(10)2)26(18,21)22)17(20)23-7-14-9-25-16(19-14)12-3-4-24-8-12/h3-6,8-9H,7H2,1-2H3,(H2,18,21,22). The number of thiazole rings is 1. The predicted molar refractivity (Wildman–Crippen MR) is 102 cm³/mol. The van der Waals surface area contributed by atoms with Gasteiger partial charge in [0, 0.05) is 16.3 Å². The lowest BCUT2D eigenvalue weighted by Crippen LogP contribution is -2.16. The average molecular weight is 409 g/mol. The number of primary sulfonamides is 1. The van der Waals surface area contributed by atoms with Crippen LogP contribution in [-0.4, -0.2) is 19.4 Å². The number of sulfonamides is 1. The number of carbonyl (C=O) groups is 1. The highest BCUT2D eigenvalue weighted by molar-refractivity contribution is 7.89. The molecule has 2 aromatic heterocycles. The van der Waals surface area contributed by atoms with Gasteiger partial charge in [-0.25, -0.2) is 23.3 Å². The highest BCUT2D eigenvalue weighted by Gasteiger charge is 2.18. The fraction of sp³-hybridized carbons (Fsp3) is 0.176. The lowest BCUT2D eigenvalue weighted by atomic mass is 10.1. The van der Waals surface area contributed by atoms with Gasteiger partial charge in [0.2, 0.25) is 10.0 Å². The first-order valence-corrected chi connectivity index (χ1v) is 10.9. The van der Waals surface area contributed by atoms with E-state index in [-0.39, 0.29) is 17.1 Å². The number of aromatic nitrogens is 1. The molecule has 0 aliphatic heterocycles. The molecule has 0 bridgehead atoms. The molecule has 0 aliphatic carbocycles. The predicted octanol–water partition coefficient (Wildman–Crippen LogP) is 3.49. The molecule has 0 radical (unpaired) electrons. The molecule has 136 valence electrons. The molecule has 0 saturated heterocycles. The largest absolute Gasteiger partial charge is 0.456 e. The SMILES string of the molecule is Cc1cc(C(=O)OCc2csc(-c3ccsc3)n2)cc(S(N)(=O)=O)c1C. The molecule has 9 heteroatoms. The number of benzene rings is 1. The summed E-state index contributed by atoms with van der Waals surface area (Å²) in [6, 6.07) is 4.81. The summed E-state index contributed by atoms with van der Waals surface area (Å²) in [5, 5.41) is 11.9. The van der Waals surface area contributed by atoms with Crippen LogP contribution < -0.4 is 5.14 Å². The number of thiophene rings is 1. The van der Waals surface area contributed by atoms with Crippen LogP contribution in [-0.2, 0) is 21.4 Å². The molecule has 0 aliphatic rings. The maximum Gasteiger partial charge on any atom is 0.338 e. The summed E-state index contributed by atoms with van der Waals surface area (Å²) in [5.41, 5.74) is 2.98. The monoisotopic (exact) mass is 408 g/mol. The van der Waals surface area contributed by atoms with Crippen molar-refractivity contribution in [1.82, 2.24) is 4.98 Å². The maximum atomic E-state index is 12.3. The van der Waals surface area contributed by atoms with Crippen molar-refractivity contribution in [1.29, 1.82) is 0 Å². The average Bonchev–Trinajstić information content (AvgIpc) is 3.24. The first-order valence-electron chi connectivity index (χ1n) is 7.54. The Labute approximate surface area is 159 Å². The van der Waals surface area contributed by atoms with Crippen molar-refractivity contribution in [2.45, 2.75) is 25.3 Å². The molecule has 0 spiro atoms. The van der Waals surface area contributed by atoms with Crippen molar-refractivity contribution < 1.29 is 17.9 Å². The van der Waals surface area contributed by atoms with Gasteiger partial charge >= 0.3 is 5.97 Å². The Kier molecular flexibility index (Phi) is 5.24. The maximum absolute atomic E-state index is 12.3. The molecule has 3 rings (SSSR count). The number of nitrogens with two attached hydrogens (primary N) is 1. The molecular weight excluding hydrogens is 392 g/mol. The zero-order valence-corrected chi connectivity index (χ0v) is 16.5. The van der Waals surface area contributed by atoms with E-state index in [2.05, 4.69) is 4.98 Å². The van der Waals surface area contributed by atoms with Crippen molar-refractivity contribution in [2.75, 3.05) is 0 Å². The van der Waals surface area contributed by atoms with E-state index in [1.165, 1.54) is 17.4 Å². The molecule has 0 unspecified atom stereocenters. The number of hydrogen-bond acceptors (Lipinski definition) is 7. The molecule has 3 aromatic rings. The summed E-state index contributed by atoms with van der Waals surface area (Å²) < 4.78 is 28.7. The molecule has 6 nitrogen and oxygen atoms in total. The number of esters is 1. The number of rotatable bonds is 5. The first kappa shape index (κ1) is 18.7. The molecule has 0 fully saturated rings. The summed E-state index contributed by atoms with van der Waals surface area (Å²) in [6.45, 7) is 3.37. The molecule has 0 saturated carbocycles. The number of nitrogens with zero attached hydrogens (tertiary/aromatic N) is 1. The first-order chi connectivity index (χ1) is 12.3. The number of carbonyl (C=O) groups excluding carboxylic acids is 1. The van der Waals surface area contributed by atoms with Gasteiger partial charge in [-0.3, -0.25) is 0 Å². The van der Waals surface area contributed by atoms with Gasteiger partial charge in [0.1, 0.15) is 11.6 Å². The van der Waals surface area contributed by atoms with Crippen LogP contribution in [0.3, 0.4) is 0 Å². The smallest absolute Gasteiger partial charge is 0.338 e. The van der Waals surface area contributed by atoms with Gasteiger partial charge < -0.3 is 4.74 Å². The summed E-state index contributed by atoms with van der Waals surface area (Å²) >= 11 is 3.06. The Balaban J connectivity index is 1.76. The zero-order valence-electron chi connectivity index (χ0n) is 14.1. The van der Waals surface area contributed by atoms with Crippen LogP contribution in [0.4, 0.5) is 0 Å². The van der Waals surface area contributed by atoms with Crippen LogP contribution in [0.2, 0.25) is 0 Å². The van der Waals surface area contributed by atoms with E-state index in [0.717, 1.165) is 10.6 Å². The fourth-order valence-corrected chi connectivity index (χ4v) is 4.75. The van der Waals surface area contributed by atoms with Crippen LogP contribution in [0, 0.1) is 13.8 Å². The van der Waals surface area contributed by atoms with E-state index in [1.54, 1.807) is 31.3 Å².